The minimum atomic E-state index is 1.20. The highest BCUT2D eigenvalue weighted by molar-refractivity contribution is 7.39. The van der Waals surface area contributed by atoms with Gasteiger partial charge < -0.3 is 0 Å². The van der Waals surface area contributed by atoms with Crippen molar-refractivity contribution >= 4 is 8.58 Å². The molecule has 2 rings (SSSR count). The molecular formula is C7H13P. The van der Waals surface area contributed by atoms with Crippen molar-refractivity contribution in [3.05, 3.63) is 0 Å². The van der Waals surface area contributed by atoms with E-state index in [0.717, 1.165) is 0 Å². The Balaban J connectivity index is 1.86. The minimum Gasteiger partial charge on any atom is -0.119 e. The lowest BCUT2D eigenvalue weighted by atomic mass is 10.2. The fourth-order valence-electron chi connectivity index (χ4n) is 1.61. The van der Waals surface area contributed by atoms with Gasteiger partial charge in [-0.3, -0.25) is 0 Å². The van der Waals surface area contributed by atoms with Crippen LogP contribution in [-0.4, -0.2) is 11.8 Å². The first-order valence-electron chi connectivity index (χ1n) is 3.70. The second-order valence-corrected chi connectivity index (χ2v) is 4.69. The SMILES string of the molecule is C1CPC(C2CC2)C1. The van der Waals surface area contributed by atoms with Crippen LogP contribution in [0.1, 0.15) is 25.7 Å². The van der Waals surface area contributed by atoms with Gasteiger partial charge in [-0.1, -0.05) is 0 Å². The second kappa shape index (κ2) is 1.99. The van der Waals surface area contributed by atoms with Crippen molar-refractivity contribution in [2.75, 3.05) is 6.16 Å². The van der Waals surface area contributed by atoms with Crippen LogP contribution in [0.25, 0.3) is 0 Å². The largest absolute Gasteiger partial charge is 0.119 e. The molecule has 2 aliphatic rings. The third-order valence-corrected chi connectivity index (χ3v) is 4.22. The van der Waals surface area contributed by atoms with E-state index in [9.17, 15) is 0 Å². The molecule has 0 bridgehead atoms. The monoisotopic (exact) mass is 128 g/mol. The van der Waals surface area contributed by atoms with Crippen molar-refractivity contribution in [1.82, 2.24) is 0 Å². The average molecular weight is 128 g/mol. The zero-order valence-corrected chi connectivity index (χ0v) is 6.19. The van der Waals surface area contributed by atoms with E-state index < -0.39 is 0 Å². The highest BCUT2D eigenvalue weighted by Crippen LogP contribution is 2.47. The Hall–Kier alpha value is 0.430. The van der Waals surface area contributed by atoms with Gasteiger partial charge in [0.25, 0.3) is 0 Å². The number of hydrogen-bond donors (Lipinski definition) is 0. The van der Waals surface area contributed by atoms with Gasteiger partial charge in [-0.05, 0) is 43.4 Å². The Kier molecular flexibility index (Phi) is 1.30. The van der Waals surface area contributed by atoms with Crippen molar-refractivity contribution in [2.45, 2.75) is 31.3 Å². The molecule has 2 unspecified atom stereocenters. The van der Waals surface area contributed by atoms with Crippen LogP contribution in [0.5, 0.6) is 0 Å². The smallest absolute Gasteiger partial charge is 0.0208 e. The van der Waals surface area contributed by atoms with E-state index in [1.807, 2.05) is 0 Å². The van der Waals surface area contributed by atoms with E-state index in [1.54, 1.807) is 31.8 Å². The molecule has 0 N–H and O–H groups in total. The molecule has 0 radical (unpaired) electrons. The maximum Gasteiger partial charge on any atom is -0.0208 e. The average Bonchev–Trinajstić information content (AvgIpc) is 2.49. The fraction of sp³-hybridized carbons (Fsp3) is 1.00. The third kappa shape index (κ3) is 0.910. The summed E-state index contributed by atoms with van der Waals surface area (Å²) in [7, 11) is 1.34. The van der Waals surface area contributed by atoms with Crippen molar-refractivity contribution in [1.29, 1.82) is 0 Å². The van der Waals surface area contributed by atoms with Crippen molar-refractivity contribution in [2.24, 2.45) is 5.92 Å². The molecule has 0 amide bonds. The normalized spacial score (nSPS) is 41.2. The van der Waals surface area contributed by atoms with Crippen molar-refractivity contribution in [3.63, 3.8) is 0 Å². The van der Waals surface area contributed by atoms with Crippen LogP contribution in [0.4, 0.5) is 0 Å². The van der Waals surface area contributed by atoms with E-state index in [2.05, 4.69) is 0 Å². The van der Waals surface area contributed by atoms with Gasteiger partial charge in [-0.2, -0.15) is 0 Å². The van der Waals surface area contributed by atoms with E-state index in [4.69, 9.17) is 0 Å². The standard InChI is InChI=1S/C7H13P/c1-2-7(8-5-1)6-3-4-6/h6-8H,1-5H2. The van der Waals surface area contributed by atoms with E-state index >= 15 is 0 Å². The summed E-state index contributed by atoms with van der Waals surface area (Å²) in [5, 5.41) is 0. The molecular weight excluding hydrogens is 115 g/mol. The quantitative estimate of drug-likeness (QED) is 0.475. The maximum absolute atomic E-state index is 1.57. The van der Waals surface area contributed by atoms with Gasteiger partial charge >= 0.3 is 0 Å². The summed E-state index contributed by atoms with van der Waals surface area (Å²) in [4.78, 5) is 0. The lowest BCUT2D eigenvalue weighted by molar-refractivity contribution is 0.705. The molecule has 2 atom stereocenters. The molecule has 1 aliphatic heterocycles. The first kappa shape index (κ1) is 5.23. The molecule has 0 spiro atoms. The maximum atomic E-state index is 1.57. The molecule has 0 aromatic heterocycles. The highest BCUT2D eigenvalue weighted by Gasteiger charge is 2.32. The molecule has 0 nitrogen and oxygen atoms in total. The predicted molar refractivity (Wildman–Crippen MR) is 38.9 cm³/mol. The summed E-state index contributed by atoms with van der Waals surface area (Å²) in [5.74, 6) is 1.20. The van der Waals surface area contributed by atoms with Gasteiger partial charge in [0, 0.05) is 0 Å². The summed E-state index contributed by atoms with van der Waals surface area (Å²) in [6.45, 7) is 0. The van der Waals surface area contributed by atoms with E-state index in [1.165, 1.54) is 20.2 Å². The molecule has 1 aliphatic carbocycles. The highest BCUT2D eigenvalue weighted by atomic mass is 31.1. The number of hydrogen-bond acceptors (Lipinski definition) is 0. The molecule has 1 saturated heterocycles. The molecule has 0 aromatic carbocycles. The van der Waals surface area contributed by atoms with Gasteiger partial charge in [0.15, 0.2) is 0 Å². The van der Waals surface area contributed by atoms with Crippen LogP contribution in [0.2, 0.25) is 0 Å². The topological polar surface area (TPSA) is 0 Å². The van der Waals surface area contributed by atoms with E-state index in [0.29, 0.717) is 0 Å². The summed E-state index contributed by atoms with van der Waals surface area (Å²) in [6, 6.07) is 0. The summed E-state index contributed by atoms with van der Waals surface area (Å²) < 4.78 is 0. The molecule has 0 aromatic rings. The van der Waals surface area contributed by atoms with Crippen LogP contribution >= 0.6 is 8.58 Å². The van der Waals surface area contributed by atoms with Gasteiger partial charge in [-0.25, -0.2) is 0 Å². The molecule has 1 heteroatoms. The van der Waals surface area contributed by atoms with Crippen LogP contribution in [0.3, 0.4) is 0 Å². The Morgan fingerprint density at radius 2 is 2.00 bits per heavy atom. The minimum absolute atomic E-state index is 1.20. The lowest BCUT2D eigenvalue weighted by Gasteiger charge is -2.02. The van der Waals surface area contributed by atoms with Gasteiger partial charge in [-0.15, -0.1) is 8.58 Å². The zero-order chi connectivity index (χ0) is 5.40. The fourth-order valence-corrected chi connectivity index (χ4v) is 3.47. The first-order chi connectivity index (χ1) is 3.97. The predicted octanol–water partition coefficient (Wildman–Crippen LogP) is 2.24. The van der Waals surface area contributed by atoms with Gasteiger partial charge in [0.1, 0.15) is 0 Å². The molecule has 46 valence electrons. The lowest BCUT2D eigenvalue weighted by Crippen LogP contribution is -1.95. The summed E-state index contributed by atoms with van der Waals surface area (Å²) in [6.07, 6.45) is 7.80. The van der Waals surface area contributed by atoms with Crippen LogP contribution < -0.4 is 0 Å². The molecule has 8 heavy (non-hydrogen) atoms. The second-order valence-electron chi connectivity index (χ2n) is 3.04. The van der Waals surface area contributed by atoms with Crippen LogP contribution in [-0.2, 0) is 0 Å². The molecule has 2 fully saturated rings. The Bertz CT molecular complexity index is 80.4. The summed E-state index contributed by atoms with van der Waals surface area (Å²) >= 11 is 0. The van der Waals surface area contributed by atoms with Gasteiger partial charge in [0.05, 0.1) is 0 Å². The molecule has 1 heterocycles. The van der Waals surface area contributed by atoms with Crippen LogP contribution in [0, 0.1) is 5.92 Å². The Morgan fingerprint density at radius 3 is 2.50 bits per heavy atom. The molecule has 1 saturated carbocycles. The Morgan fingerprint density at radius 1 is 1.12 bits per heavy atom. The van der Waals surface area contributed by atoms with Gasteiger partial charge in [0.2, 0.25) is 0 Å². The first-order valence-corrected chi connectivity index (χ1v) is 4.98. The summed E-state index contributed by atoms with van der Waals surface area (Å²) in [5.41, 5.74) is 1.20. The zero-order valence-electron chi connectivity index (χ0n) is 5.19. The number of rotatable bonds is 1. The Labute approximate surface area is 52.8 Å². The third-order valence-electron chi connectivity index (χ3n) is 2.29. The van der Waals surface area contributed by atoms with Crippen LogP contribution in [0.15, 0.2) is 0 Å². The van der Waals surface area contributed by atoms with Crippen molar-refractivity contribution in [3.8, 4) is 0 Å². The van der Waals surface area contributed by atoms with E-state index in [-0.39, 0.29) is 0 Å². The van der Waals surface area contributed by atoms with Crippen molar-refractivity contribution < 1.29 is 0 Å².